The standard InChI is InChI=1S/C15H15N3/c16-8-7-12-4-3-5-13(10-12)14-11-18-9-2-1-6-15(18)17-14/h1-6,9-11H,7-8,16H2. The van der Waals surface area contributed by atoms with Crippen molar-refractivity contribution in [1.82, 2.24) is 9.38 Å². The summed E-state index contributed by atoms with van der Waals surface area (Å²) < 4.78 is 2.03. The zero-order valence-electron chi connectivity index (χ0n) is 10.1. The van der Waals surface area contributed by atoms with E-state index in [9.17, 15) is 0 Å². The molecular formula is C15H15N3. The Balaban J connectivity index is 2.05. The fraction of sp³-hybridized carbons (Fsp3) is 0.133. The van der Waals surface area contributed by atoms with Gasteiger partial charge in [0.15, 0.2) is 0 Å². The van der Waals surface area contributed by atoms with E-state index in [1.165, 1.54) is 5.56 Å². The van der Waals surface area contributed by atoms with Crippen LogP contribution in [0, 0.1) is 0 Å². The smallest absolute Gasteiger partial charge is 0.137 e. The van der Waals surface area contributed by atoms with E-state index in [0.717, 1.165) is 23.3 Å². The third-order valence-corrected chi connectivity index (χ3v) is 3.02. The van der Waals surface area contributed by atoms with Crippen LogP contribution in [0.25, 0.3) is 16.9 Å². The first-order valence-corrected chi connectivity index (χ1v) is 6.10. The molecule has 0 aliphatic heterocycles. The number of hydrogen-bond donors (Lipinski definition) is 1. The molecule has 0 fully saturated rings. The summed E-state index contributed by atoms with van der Waals surface area (Å²) in [5, 5.41) is 0. The van der Waals surface area contributed by atoms with Gasteiger partial charge >= 0.3 is 0 Å². The Morgan fingerprint density at radius 2 is 2.06 bits per heavy atom. The second-order valence-corrected chi connectivity index (χ2v) is 4.33. The van der Waals surface area contributed by atoms with Crippen molar-refractivity contribution in [3.05, 3.63) is 60.4 Å². The maximum absolute atomic E-state index is 5.59. The van der Waals surface area contributed by atoms with Crippen molar-refractivity contribution in [1.29, 1.82) is 0 Å². The Labute approximate surface area is 106 Å². The minimum absolute atomic E-state index is 0.675. The van der Waals surface area contributed by atoms with Gasteiger partial charge in [0.1, 0.15) is 5.65 Å². The van der Waals surface area contributed by atoms with Crippen LogP contribution in [0.15, 0.2) is 54.9 Å². The molecule has 3 rings (SSSR count). The first-order chi connectivity index (χ1) is 8.86. The van der Waals surface area contributed by atoms with Crippen molar-refractivity contribution >= 4 is 5.65 Å². The highest BCUT2D eigenvalue weighted by Crippen LogP contribution is 2.20. The molecule has 2 aromatic heterocycles. The molecule has 0 radical (unpaired) electrons. The summed E-state index contributed by atoms with van der Waals surface area (Å²) in [5.41, 5.74) is 9.96. The van der Waals surface area contributed by atoms with Crippen LogP contribution >= 0.6 is 0 Å². The summed E-state index contributed by atoms with van der Waals surface area (Å²) in [6.07, 6.45) is 4.97. The number of benzene rings is 1. The third kappa shape index (κ3) is 2.00. The van der Waals surface area contributed by atoms with Gasteiger partial charge in [-0.05, 0) is 36.7 Å². The Morgan fingerprint density at radius 3 is 2.89 bits per heavy atom. The van der Waals surface area contributed by atoms with Crippen molar-refractivity contribution in [2.75, 3.05) is 6.54 Å². The van der Waals surface area contributed by atoms with E-state index in [1.54, 1.807) is 0 Å². The number of nitrogens with zero attached hydrogens (tertiary/aromatic N) is 2. The van der Waals surface area contributed by atoms with Crippen LogP contribution in [-0.2, 0) is 6.42 Å². The normalized spacial score (nSPS) is 10.9. The minimum atomic E-state index is 0.675. The predicted octanol–water partition coefficient (Wildman–Crippen LogP) is 2.50. The van der Waals surface area contributed by atoms with Crippen LogP contribution in [0.5, 0.6) is 0 Å². The second kappa shape index (κ2) is 4.63. The molecule has 2 N–H and O–H groups in total. The van der Waals surface area contributed by atoms with Crippen molar-refractivity contribution in [2.24, 2.45) is 5.73 Å². The van der Waals surface area contributed by atoms with Crippen molar-refractivity contribution in [3.8, 4) is 11.3 Å². The van der Waals surface area contributed by atoms with Gasteiger partial charge in [-0.2, -0.15) is 0 Å². The molecular weight excluding hydrogens is 222 g/mol. The highest BCUT2D eigenvalue weighted by molar-refractivity contribution is 5.63. The lowest BCUT2D eigenvalue weighted by molar-refractivity contribution is 0.969. The Bertz CT molecular complexity index is 637. The van der Waals surface area contributed by atoms with Crippen LogP contribution in [0.3, 0.4) is 0 Å². The molecule has 0 bridgehead atoms. The molecule has 3 aromatic rings. The van der Waals surface area contributed by atoms with Gasteiger partial charge in [0, 0.05) is 18.0 Å². The van der Waals surface area contributed by atoms with E-state index in [2.05, 4.69) is 35.4 Å². The first kappa shape index (κ1) is 11.0. The zero-order valence-corrected chi connectivity index (χ0v) is 10.1. The number of imidazole rings is 1. The Kier molecular flexibility index (Phi) is 2.82. The SMILES string of the molecule is NCCc1cccc(-c2cn3ccccc3n2)c1. The van der Waals surface area contributed by atoms with E-state index in [0.29, 0.717) is 6.54 Å². The molecule has 0 saturated carbocycles. The van der Waals surface area contributed by atoms with Crippen LogP contribution in [-0.4, -0.2) is 15.9 Å². The van der Waals surface area contributed by atoms with E-state index >= 15 is 0 Å². The molecule has 0 spiro atoms. The van der Waals surface area contributed by atoms with E-state index in [-0.39, 0.29) is 0 Å². The molecule has 3 heteroatoms. The highest BCUT2D eigenvalue weighted by atomic mass is 15.0. The number of nitrogens with two attached hydrogens (primary N) is 1. The lowest BCUT2D eigenvalue weighted by Gasteiger charge is -2.01. The molecule has 0 saturated heterocycles. The Hall–Kier alpha value is -2.13. The lowest BCUT2D eigenvalue weighted by atomic mass is 10.1. The van der Waals surface area contributed by atoms with Gasteiger partial charge < -0.3 is 10.1 Å². The molecule has 2 heterocycles. The maximum Gasteiger partial charge on any atom is 0.137 e. The van der Waals surface area contributed by atoms with Gasteiger partial charge in [-0.3, -0.25) is 0 Å². The molecule has 0 unspecified atom stereocenters. The highest BCUT2D eigenvalue weighted by Gasteiger charge is 2.04. The van der Waals surface area contributed by atoms with Crippen molar-refractivity contribution in [2.45, 2.75) is 6.42 Å². The van der Waals surface area contributed by atoms with Gasteiger partial charge in [-0.15, -0.1) is 0 Å². The van der Waals surface area contributed by atoms with Crippen LogP contribution < -0.4 is 5.73 Å². The fourth-order valence-electron chi connectivity index (χ4n) is 2.13. The molecule has 3 nitrogen and oxygen atoms in total. The van der Waals surface area contributed by atoms with Gasteiger partial charge in [0.25, 0.3) is 0 Å². The van der Waals surface area contributed by atoms with E-state index < -0.39 is 0 Å². The van der Waals surface area contributed by atoms with Gasteiger partial charge in [0.2, 0.25) is 0 Å². The van der Waals surface area contributed by atoms with Crippen molar-refractivity contribution in [3.63, 3.8) is 0 Å². The van der Waals surface area contributed by atoms with Crippen LogP contribution in [0.4, 0.5) is 0 Å². The fourth-order valence-corrected chi connectivity index (χ4v) is 2.13. The second-order valence-electron chi connectivity index (χ2n) is 4.33. The summed E-state index contributed by atoms with van der Waals surface area (Å²) >= 11 is 0. The summed E-state index contributed by atoms with van der Waals surface area (Å²) in [6.45, 7) is 0.675. The van der Waals surface area contributed by atoms with Crippen LogP contribution in [0.2, 0.25) is 0 Å². The summed E-state index contributed by atoms with van der Waals surface area (Å²) in [5.74, 6) is 0. The van der Waals surface area contributed by atoms with E-state index in [1.807, 2.05) is 28.8 Å². The largest absolute Gasteiger partial charge is 0.330 e. The van der Waals surface area contributed by atoms with Gasteiger partial charge in [0.05, 0.1) is 5.69 Å². The molecule has 18 heavy (non-hydrogen) atoms. The monoisotopic (exact) mass is 237 g/mol. The quantitative estimate of drug-likeness (QED) is 0.760. The number of aromatic nitrogens is 2. The Morgan fingerprint density at radius 1 is 1.11 bits per heavy atom. The summed E-state index contributed by atoms with van der Waals surface area (Å²) in [6, 6.07) is 14.4. The molecule has 0 aliphatic rings. The lowest BCUT2D eigenvalue weighted by Crippen LogP contribution is -2.02. The van der Waals surface area contributed by atoms with Crippen LogP contribution in [0.1, 0.15) is 5.56 Å². The average Bonchev–Trinajstić information content (AvgIpc) is 2.83. The molecule has 1 aromatic carbocycles. The zero-order chi connectivity index (χ0) is 12.4. The topological polar surface area (TPSA) is 43.3 Å². The first-order valence-electron chi connectivity index (χ1n) is 6.10. The van der Waals surface area contributed by atoms with Crippen molar-refractivity contribution < 1.29 is 0 Å². The van der Waals surface area contributed by atoms with Gasteiger partial charge in [-0.1, -0.05) is 24.3 Å². The summed E-state index contributed by atoms with van der Waals surface area (Å²) in [7, 11) is 0. The minimum Gasteiger partial charge on any atom is -0.330 e. The predicted molar refractivity (Wildman–Crippen MR) is 73.4 cm³/mol. The maximum atomic E-state index is 5.59. The number of rotatable bonds is 3. The molecule has 0 amide bonds. The molecule has 0 atom stereocenters. The number of fused-ring (bicyclic) bond motifs is 1. The number of hydrogen-bond acceptors (Lipinski definition) is 2. The van der Waals surface area contributed by atoms with Gasteiger partial charge in [-0.25, -0.2) is 4.98 Å². The molecule has 90 valence electrons. The molecule has 0 aliphatic carbocycles. The van der Waals surface area contributed by atoms with E-state index in [4.69, 9.17) is 5.73 Å². The summed E-state index contributed by atoms with van der Waals surface area (Å²) in [4.78, 5) is 4.62. The third-order valence-electron chi connectivity index (χ3n) is 3.02. The number of pyridine rings is 1. The average molecular weight is 237 g/mol.